The quantitative estimate of drug-likeness (QED) is 0.237. The zero-order chi connectivity index (χ0) is 17.2. The van der Waals surface area contributed by atoms with Crippen LogP contribution in [-0.2, 0) is 4.74 Å². The van der Waals surface area contributed by atoms with E-state index in [2.05, 4.69) is 20.4 Å². The molecule has 0 rings (SSSR count). The molecule has 0 fully saturated rings. The highest BCUT2D eigenvalue weighted by atomic mass is 16.5. The summed E-state index contributed by atoms with van der Waals surface area (Å²) in [5.74, 6) is 0. The number of rotatable bonds is 18. The van der Waals surface area contributed by atoms with E-state index in [9.17, 15) is 5.11 Å². The van der Waals surface area contributed by atoms with Gasteiger partial charge in [-0.05, 0) is 12.8 Å². The van der Waals surface area contributed by atoms with Gasteiger partial charge in [-0.15, -0.1) is 6.58 Å². The second-order valence-electron chi connectivity index (χ2n) is 7.10. The Balaban J connectivity index is 3.57. The van der Waals surface area contributed by atoms with Crippen LogP contribution >= 0.6 is 0 Å². The van der Waals surface area contributed by atoms with Crippen LogP contribution in [0.4, 0.5) is 0 Å². The molecule has 0 aromatic heterocycles. The number of aliphatic hydroxyl groups is 1. The normalized spacial score (nSPS) is 13.9. The summed E-state index contributed by atoms with van der Waals surface area (Å²) in [5, 5.41) is 9.73. The lowest BCUT2D eigenvalue weighted by atomic mass is 9.81. The summed E-state index contributed by atoms with van der Waals surface area (Å²) < 4.78 is 5.60. The highest BCUT2D eigenvalue weighted by Crippen LogP contribution is 2.29. The number of ether oxygens (including phenoxy) is 1. The maximum absolute atomic E-state index is 9.73. The van der Waals surface area contributed by atoms with Crippen molar-refractivity contribution in [2.24, 2.45) is 5.41 Å². The van der Waals surface area contributed by atoms with Crippen molar-refractivity contribution in [3.63, 3.8) is 0 Å². The third-order valence-electron chi connectivity index (χ3n) is 5.04. The molecular weight excluding hydrogens is 284 g/mol. The van der Waals surface area contributed by atoms with Gasteiger partial charge in [0.05, 0.1) is 19.8 Å². The van der Waals surface area contributed by atoms with Gasteiger partial charge in [-0.3, -0.25) is 0 Å². The maximum Gasteiger partial charge on any atom is 0.0645 e. The van der Waals surface area contributed by atoms with Gasteiger partial charge < -0.3 is 9.84 Å². The number of unbranched alkanes of at least 4 members (excludes halogenated alkanes) is 10. The fourth-order valence-electron chi connectivity index (χ4n) is 3.11. The van der Waals surface area contributed by atoms with Gasteiger partial charge in [0.2, 0.25) is 0 Å². The average molecular weight is 327 g/mol. The van der Waals surface area contributed by atoms with E-state index in [1.165, 1.54) is 70.6 Å². The van der Waals surface area contributed by atoms with Crippen molar-refractivity contribution in [1.82, 2.24) is 0 Å². The predicted molar refractivity (Wildman–Crippen MR) is 102 cm³/mol. The van der Waals surface area contributed by atoms with E-state index in [1.807, 2.05) is 0 Å². The zero-order valence-electron chi connectivity index (χ0n) is 16.0. The molecule has 1 unspecified atom stereocenters. The second kappa shape index (κ2) is 16.5. The van der Waals surface area contributed by atoms with E-state index >= 15 is 0 Å². The molecule has 0 radical (unpaired) electrons. The fraction of sp³-hybridized carbons (Fsp3) is 0.905. The van der Waals surface area contributed by atoms with Crippen LogP contribution in [0.5, 0.6) is 0 Å². The summed E-state index contributed by atoms with van der Waals surface area (Å²) in [6.07, 6.45) is 18.9. The fourth-order valence-corrected chi connectivity index (χ4v) is 3.11. The predicted octanol–water partition coefficient (Wildman–Crippen LogP) is 6.28. The van der Waals surface area contributed by atoms with E-state index in [-0.39, 0.29) is 12.0 Å². The van der Waals surface area contributed by atoms with Gasteiger partial charge in [-0.25, -0.2) is 0 Å². The lowest BCUT2D eigenvalue weighted by Gasteiger charge is -2.30. The molecule has 0 aromatic carbocycles. The van der Waals surface area contributed by atoms with Gasteiger partial charge in [0, 0.05) is 5.41 Å². The molecule has 1 atom stereocenters. The molecule has 0 aliphatic carbocycles. The molecule has 0 aliphatic rings. The minimum absolute atomic E-state index is 0.0394. The van der Waals surface area contributed by atoms with Crippen LogP contribution in [0.15, 0.2) is 12.7 Å². The Morgan fingerprint density at radius 3 is 1.83 bits per heavy atom. The molecule has 0 bridgehead atoms. The summed E-state index contributed by atoms with van der Waals surface area (Å²) >= 11 is 0. The Kier molecular flexibility index (Phi) is 16.3. The van der Waals surface area contributed by atoms with Crippen molar-refractivity contribution in [1.29, 1.82) is 0 Å². The Bertz CT molecular complexity index is 246. The molecular formula is C21H42O2. The van der Waals surface area contributed by atoms with Crippen molar-refractivity contribution in [3.8, 4) is 0 Å². The third kappa shape index (κ3) is 12.7. The summed E-state index contributed by atoms with van der Waals surface area (Å²) in [6, 6.07) is 0. The summed E-state index contributed by atoms with van der Waals surface area (Å²) in [4.78, 5) is 0. The van der Waals surface area contributed by atoms with Crippen LogP contribution in [0.3, 0.4) is 0 Å². The molecule has 138 valence electrons. The Morgan fingerprint density at radius 1 is 0.870 bits per heavy atom. The highest BCUT2D eigenvalue weighted by molar-refractivity contribution is 4.78. The molecule has 0 aliphatic heterocycles. The van der Waals surface area contributed by atoms with Gasteiger partial charge in [0.1, 0.15) is 0 Å². The molecule has 1 N–H and O–H groups in total. The first-order valence-corrected chi connectivity index (χ1v) is 10.0. The minimum Gasteiger partial charge on any atom is -0.396 e. The van der Waals surface area contributed by atoms with Crippen molar-refractivity contribution >= 4 is 0 Å². The minimum atomic E-state index is -0.0394. The SMILES string of the molecule is C=CCOCC(CC)(CO)CCCCCCCCCCCCC. The second-order valence-corrected chi connectivity index (χ2v) is 7.10. The largest absolute Gasteiger partial charge is 0.396 e. The van der Waals surface area contributed by atoms with Crippen LogP contribution in [0.1, 0.15) is 97.3 Å². The van der Waals surface area contributed by atoms with Crippen molar-refractivity contribution < 1.29 is 9.84 Å². The van der Waals surface area contributed by atoms with E-state index in [0.29, 0.717) is 13.2 Å². The highest BCUT2D eigenvalue weighted by Gasteiger charge is 2.27. The molecule has 0 saturated heterocycles. The smallest absolute Gasteiger partial charge is 0.0645 e. The summed E-state index contributed by atoms with van der Waals surface area (Å²) in [7, 11) is 0. The van der Waals surface area contributed by atoms with Crippen LogP contribution in [0, 0.1) is 5.41 Å². The number of hydrogen-bond donors (Lipinski definition) is 1. The summed E-state index contributed by atoms with van der Waals surface area (Å²) in [5.41, 5.74) is -0.0394. The molecule has 0 aromatic rings. The first kappa shape index (κ1) is 22.7. The van der Waals surface area contributed by atoms with Crippen LogP contribution in [0.25, 0.3) is 0 Å². The van der Waals surface area contributed by atoms with Gasteiger partial charge >= 0.3 is 0 Å². The Hall–Kier alpha value is -0.340. The lowest BCUT2D eigenvalue weighted by molar-refractivity contribution is 0.00637. The molecule has 2 heteroatoms. The van der Waals surface area contributed by atoms with Gasteiger partial charge in [0.25, 0.3) is 0 Å². The van der Waals surface area contributed by atoms with E-state index < -0.39 is 0 Å². The zero-order valence-corrected chi connectivity index (χ0v) is 16.0. The third-order valence-corrected chi connectivity index (χ3v) is 5.04. The average Bonchev–Trinajstić information content (AvgIpc) is 2.58. The standard InChI is InChI=1S/C21H42O2/c1-4-7-8-9-10-11-12-13-14-15-16-17-21(6-3,19-22)20-23-18-5-2/h5,22H,2,4,6-20H2,1,3H3. The Morgan fingerprint density at radius 2 is 1.39 bits per heavy atom. The van der Waals surface area contributed by atoms with Crippen molar-refractivity contribution in [2.75, 3.05) is 19.8 Å². The van der Waals surface area contributed by atoms with Crippen LogP contribution in [0.2, 0.25) is 0 Å². The van der Waals surface area contributed by atoms with Gasteiger partial charge in [-0.1, -0.05) is 90.6 Å². The molecule has 0 spiro atoms. The monoisotopic (exact) mass is 326 g/mol. The van der Waals surface area contributed by atoms with Crippen molar-refractivity contribution in [2.45, 2.75) is 97.3 Å². The van der Waals surface area contributed by atoms with E-state index in [0.717, 1.165) is 12.8 Å². The van der Waals surface area contributed by atoms with Gasteiger partial charge in [-0.2, -0.15) is 0 Å². The van der Waals surface area contributed by atoms with Crippen molar-refractivity contribution in [3.05, 3.63) is 12.7 Å². The first-order chi connectivity index (χ1) is 11.2. The van der Waals surface area contributed by atoms with Gasteiger partial charge in [0.15, 0.2) is 0 Å². The van der Waals surface area contributed by atoms with E-state index in [1.54, 1.807) is 6.08 Å². The first-order valence-electron chi connectivity index (χ1n) is 10.0. The topological polar surface area (TPSA) is 29.5 Å². The van der Waals surface area contributed by atoms with Crippen LogP contribution < -0.4 is 0 Å². The molecule has 2 nitrogen and oxygen atoms in total. The lowest BCUT2D eigenvalue weighted by Crippen LogP contribution is -2.30. The van der Waals surface area contributed by atoms with E-state index in [4.69, 9.17) is 4.74 Å². The number of aliphatic hydroxyl groups excluding tert-OH is 1. The molecule has 0 heterocycles. The van der Waals surface area contributed by atoms with Crippen LogP contribution in [-0.4, -0.2) is 24.9 Å². The molecule has 0 amide bonds. The number of hydrogen-bond acceptors (Lipinski definition) is 2. The maximum atomic E-state index is 9.73. The Labute approximate surface area is 145 Å². The summed E-state index contributed by atoms with van der Waals surface area (Å²) in [6.45, 7) is 9.58. The molecule has 23 heavy (non-hydrogen) atoms. The molecule has 0 saturated carbocycles.